The molecule has 5 heteroatoms. The first-order valence-corrected chi connectivity index (χ1v) is 11.7. The van der Waals surface area contributed by atoms with E-state index in [-0.39, 0.29) is 17.7 Å². The second-order valence-corrected chi connectivity index (χ2v) is 9.64. The number of aryl methyl sites for hydroxylation is 2. The average molecular weight is 435 g/mol. The maximum atomic E-state index is 13.7. The Morgan fingerprint density at radius 1 is 1.03 bits per heavy atom. The van der Waals surface area contributed by atoms with E-state index in [0.29, 0.717) is 45.6 Å². The smallest absolute Gasteiger partial charge is 0.229 e. The van der Waals surface area contributed by atoms with E-state index in [4.69, 9.17) is 10.5 Å². The Balaban J connectivity index is 1.55. The van der Waals surface area contributed by atoms with Gasteiger partial charge in [-0.1, -0.05) is 53.6 Å². The summed E-state index contributed by atoms with van der Waals surface area (Å²) < 4.78 is 5.61. The zero-order valence-electron chi connectivity index (χ0n) is 19.2. The minimum absolute atomic E-state index is 0.158. The number of amides is 2. The zero-order valence-corrected chi connectivity index (χ0v) is 19.2. The molecule has 4 rings (SSSR count). The molecule has 1 unspecified atom stereocenters. The number of hydrogen-bond acceptors (Lipinski definition) is 3. The summed E-state index contributed by atoms with van der Waals surface area (Å²) in [6.07, 6.45) is 3.72. The first kappa shape index (κ1) is 22.5. The molecule has 2 aromatic carbocycles. The van der Waals surface area contributed by atoms with Crippen molar-refractivity contribution in [1.29, 1.82) is 0 Å². The molecule has 5 nitrogen and oxygen atoms in total. The van der Waals surface area contributed by atoms with Crippen molar-refractivity contribution in [3.63, 3.8) is 0 Å². The largest absolute Gasteiger partial charge is 0.381 e. The molecule has 2 aliphatic rings. The Labute approximate surface area is 190 Å². The fourth-order valence-electron chi connectivity index (χ4n) is 5.30. The fourth-order valence-corrected chi connectivity index (χ4v) is 5.30. The number of likely N-dealkylation sites (tertiary alicyclic amines) is 1. The van der Waals surface area contributed by atoms with Gasteiger partial charge < -0.3 is 15.4 Å². The van der Waals surface area contributed by atoms with Crippen molar-refractivity contribution in [2.45, 2.75) is 46.0 Å². The normalized spacial score (nSPS) is 20.7. The summed E-state index contributed by atoms with van der Waals surface area (Å²) in [7, 11) is 0. The number of carbonyl (C=O) groups is 2. The molecule has 2 saturated heterocycles. The topological polar surface area (TPSA) is 72.6 Å². The van der Waals surface area contributed by atoms with Crippen LogP contribution in [0.1, 0.15) is 42.4 Å². The van der Waals surface area contributed by atoms with Gasteiger partial charge in [0.05, 0.1) is 11.3 Å². The number of rotatable bonds is 5. The fraction of sp³-hybridized carbons (Fsp3) is 0.481. The quantitative estimate of drug-likeness (QED) is 0.772. The molecule has 0 aromatic heterocycles. The van der Waals surface area contributed by atoms with Gasteiger partial charge in [0.1, 0.15) is 0 Å². The third kappa shape index (κ3) is 4.88. The first-order chi connectivity index (χ1) is 15.4. The molecule has 0 bridgehead atoms. The summed E-state index contributed by atoms with van der Waals surface area (Å²) in [5.74, 6) is -0.378. The predicted octanol–water partition coefficient (Wildman–Crippen LogP) is 4.03. The van der Waals surface area contributed by atoms with E-state index in [1.807, 2.05) is 4.90 Å². The van der Waals surface area contributed by atoms with E-state index in [9.17, 15) is 9.59 Å². The molecule has 0 aliphatic carbocycles. The van der Waals surface area contributed by atoms with E-state index >= 15 is 0 Å². The molecule has 2 N–H and O–H groups in total. The highest BCUT2D eigenvalue weighted by Gasteiger charge is 2.43. The number of benzene rings is 2. The summed E-state index contributed by atoms with van der Waals surface area (Å²) in [5, 5.41) is 0. The lowest BCUT2D eigenvalue weighted by Gasteiger charge is -2.42. The molecule has 32 heavy (non-hydrogen) atoms. The lowest BCUT2D eigenvalue weighted by molar-refractivity contribution is -0.150. The molecule has 1 atom stereocenters. The van der Waals surface area contributed by atoms with Gasteiger partial charge in [0.2, 0.25) is 11.8 Å². The number of piperidine rings is 1. The van der Waals surface area contributed by atoms with Crippen LogP contribution >= 0.6 is 0 Å². The van der Waals surface area contributed by atoms with Crippen LogP contribution in [0, 0.1) is 25.2 Å². The summed E-state index contributed by atoms with van der Waals surface area (Å²) in [5.41, 5.74) is 11.2. The van der Waals surface area contributed by atoms with Gasteiger partial charge >= 0.3 is 0 Å². The standard InChI is InChI=1S/C27H34N2O3/c1-19-14-20(2)16-24(15-19)22-7-5-21(6-8-22)17-27(9-12-32-13-10-27)26(31)29-11-3-4-23(18-29)25(28)30/h5-8,14-16,23H,3-4,9-13,17-18H2,1-2H3,(H2,28,30). The number of hydrogen-bond donors (Lipinski definition) is 1. The van der Waals surface area contributed by atoms with E-state index in [2.05, 4.69) is 56.3 Å². The zero-order chi connectivity index (χ0) is 22.7. The van der Waals surface area contributed by atoms with Gasteiger partial charge in [-0.3, -0.25) is 9.59 Å². The minimum atomic E-state index is -0.473. The number of nitrogens with two attached hydrogens (primary N) is 1. The van der Waals surface area contributed by atoms with Crippen LogP contribution in [-0.4, -0.2) is 43.0 Å². The Bertz CT molecular complexity index is 957. The van der Waals surface area contributed by atoms with Crippen LogP contribution in [0.3, 0.4) is 0 Å². The van der Waals surface area contributed by atoms with E-state index < -0.39 is 5.41 Å². The molecule has 0 radical (unpaired) electrons. The van der Waals surface area contributed by atoms with Gasteiger partial charge in [-0.15, -0.1) is 0 Å². The Kier molecular flexibility index (Phi) is 6.66. The van der Waals surface area contributed by atoms with Gasteiger partial charge in [-0.05, 0) is 62.6 Å². The van der Waals surface area contributed by atoms with Crippen molar-refractivity contribution in [1.82, 2.24) is 4.90 Å². The lowest BCUT2D eigenvalue weighted by Crippen LogP contribution is -2.52. The second-order valence-electron chi connectivity index (χ2n) is 9.64. The van der Waals surface area contributed by atoms with Crippen LogP contribution in [0.15, 0.2) is 42.5 Å². The van der Waals surface area contributed by atoms with Crippen molar-refractivity contribution in [3.05, 3.63) is 59.2 Å². The van der Waals surface area contributed by atoms with Gasteiger partial charge in [0.25, 0.3) is 0 Å². The molecule has 2 fully saturated rings. The number of nitrogens with zero attached hydrogens (tertiary/aromatic N) is 1. The third-order valence-electron chi connectivity index (χ3n) is 7.07. The predicted molar refractivity (Wildman–Crippen MR) is 126 cm³/mol. The first-order valence-electron chi connectivity index (χ1n) is 11.7. The molecule has 2 aliphatic heterocycles. The molecular weight excluding hydrogens is 400 g/mol. The van der Waals surface area contributed by atoms with E-state index in [0.717, 1.165) is 18.4 Å². The second kappa shape index (κ2) is 9.45. The Morgan fingerprint density at radius 3 is 2.31 bits per heavy atom. The highest BCUT2D eigenvalue weighted by Crippen LogP contribution is 2.38. The summed E-state index contributed by atoms with van der Waals surface area (Å²) in [6, 6.07) is 15.2. The van der Waals surface area contributed by atoms with Crippen LogP contribution in [-0.2, 0) is 20.7 Å². The maximum Gasteiger partial charge on any atom is 0.229 e. The summed E-state index contributed by atoms with van der Waals surface area (Å²) in [4.78, 5) is 27.3. The molecule has 2 aromatic rings. The van der Waals surface area contributed by atoms with Gasteiger partial charge in [-0.25, -0.2) is 0 Å². The highest BCUT2D eigenvalue weighted by atomic mass is 16.5. The molecule has 0 spiro atoms. The van der Waals surface area contributed by atoms with Gasteiger partial charge in [-0.2, -0.15) is 0 Å². The summed E-state index contributed by atoms with van der Waals surface area (Å²) >= 11 is 0. The van der Waals surface area contributed by atoms with Crippen molar-refractivity contribution < 1.29 is 14.3 Å². The van der Waals surface area contributed by atoms with Crippen LogP contribution in [0.5, 0.6) is 0 Å². The van der Waals surface area contributed by atoms with Crippen molar-refractivity contribution in [2.75, 3.05) is 26.3 Å². The Morgan fingerprint density at radius 2 is 1.69 bits per heavy atom. The highest BCUT2D eigenvalue weighted by molar-refractivity contribution is 5.85. The Hall–Kier alpha value is -2.66. The number of primary amides is 1. The van der Waals surface area contributed by atoms with Crippen LogP contribution in [0.25, 0.3) is 11.1 Å². The average Bonchev–Trinajstić information content (AvgIpc) is 2.79. The van der Waals surface area contributed by atoms with Crippen LogP contribution in [0.4, 0.5) is 0 Å². The monoisotopic (exact) mass is 434 g/mol. The molecule has 0 saturated carbocycles. The number of carbonyl (C=O) groups excluding carboxylic acids is 2. The number of ether oxygens (including phenoxy) is 1. The van der Waals surface area contributed by atoms with Crippen molar-refractivity contribution in [3.8, 4) is 11.1 Å². The minimum Gasteiger partial charge on any atom is -0.381 e. The lowest BCUT2D eigenvalue weighted by atomic mass is 9.73. The van der Waals surface area contributed by atoms with Crippen LogP contribution < -0.4 is 5.73 Å². The van der Waals surface area contributed by atoms with Crippen molar-refractivity contribution in [2.24, 2.45) is 17.1 Å². The van der Waals surface area contributed by atoms with Crippen molar-refractivity contribution >= 4 is 11.8 Å². The SMILES string of the molecule is Cc1cc(C)cc(-c2ccc(CC3(C(=O)N4CCCC(C(N)=O)C4)CCOCC3)cc2)c1. The van der Waals surface area contributed by atoms with E-state index in [1.54, 1.807) is 0 Å². The van der Waals surface area contributed by atoms with Crippen LogP contribution in [0.2, 0.25) is 0 Å². The molecule has 2 amide bonds. The van der Waals surface area contributed by atoms with Gasteiger partial charge in [0, 0.05) is 26.3 Å². The third-order valence-corrected chi connectivity index (χ3v) is 7.07. The molecule has 170 valence electrons. The van der Waals surface area contributed by atoms with E-state index in [1.165, 1.54) is 22.3 Å². The maximum absolute atomic E-state index is 13.7. The van der Waals surface area contributed by atoms with Gasteiger partial charge in [0.15, 0.2) is 0 Å². The molecule has 2 heterocycles. The molecular formula is C27H34N2O3. The summed E-state index contributed by atoms with van der Waals surface area (Å²) in [6.45, 7) is 6.59.